The van der Waals surface area contributed by atoms with E-state index in [0.717, 1.165) is 37.0 Å². The highest BCUT2D eigenvalue weighted by molar-refractivity contribution is 6.70. The molecule has 212 valence electrons. The minimum atomic E-state index is -1.51. The van der Waals surface area contributed by atoms with E-state index in [-0.39, 0.29) is 5.60 Å². The summed E-state index contributed by atoms with van der Waals surface area (Å²) in [6.45, 7) is 28.1. The van der Waals surface area contributed by atoms with Crippen molar-refractivity contribution in [3.05, 3.63) is 35.5 Å². The monoisotopic (exact) mass is 544 g/mol. The molecule has 3 rings (SSSR count). The first-order chi connectivity index (χ1) is 17.0. The highest BCUT2D eigenvalue weighted by atomic mass is 28.4. The predicted octanol–water partition coefficient (Wildman–Crippen LogP) is 10.5. The molecular formula is C33H60O2Si2. The van der Waals surface area contributed by atoms with Crippen LogP contribution in [0.15, 0.2) is 35.5 Å². The smallest absolute Gasteiger partial charge is 0.184 e. The fourth-order valence-electron chi connectivity index (χ4n) is 8.13. The Balaban J connectivity index is 1.63. The molecule has 0 N–H and O–H groups in total. The Bertz CT molecular complexity index is 857. The van der Waals surface area contributed by atoms with Crippen LogP contribution in [0.2, 0.25) is 39.3 Å². The molecule has 37 heavy (non-hydrogen) atoms. The number of rotatable bonds is 10. The van der Waals surface area contributed by atoms with Crippen molar-refractivity contribution in [1.82, 2.24) is 0 Å². The molecule has 0 aromatic heterocycles. The number of hydrogen-bond donors (Lipinski definition) is 0. The van der Waals surface area contributed by atoms with Crippen LogP contribution in [0, 0.1) is 23.2 Å². The number of hydrogen-bond acceptors (Lipinski definition) is 2. The van der Waals surface area contributed by atoms with Crippen LogP contribution in [0.5, 0.6) is 0 Å². The third-order valence-electron chi connectivity index (χ3n) is 9.43. The van der Waals surface area contributed by atoms with E-state index in [4.69, 9.17) is 8.85 Å². The lowest BCUT2D eigenvalue weighted by Gasteiger charge is -2.44. The quantitative estimate of drug-likeness (QED) is 0.255. The van der Waals surface area contributed by atoms with Crippen molar-refractivity contribution in [3.63, 3.8) is 0 Å². The minimum Gasteiger partial charge on any atom is -0.414 e. The third kappa shape index (κ3) is 8.78. The van der Waals surface area contributed by atoms with Crippen molar-refractivity contribution >= 4 is 16.6 Å². The molecule has 0 amide bonds. The first kappa shape index (κ1) is 31.1. The summed E-state index contributed by atoms with van der Waals surface area (Å²) in [7, 11) is -3.01. The highest BCUT2D eigenvalue weighted by Gasteiger charge is 2.50. The Labute approximate surface area is 233 Å². The van der Waals surface area contributed by atoms with Gasteiger partial charge in [0.2, 0.25) is 0 Å². The zero-order valence-electron chi connectivity index (χ0n) is 26.3. The van der Waals surface area contributed by atoms with Gasteiger partial charge >= 0.3 is 0 Å². The largest absolute Gasteiger partial charge is 0.414 e. The van der Waals surface area contributed by atoms with E-state index in [1.165, 1.54) is 62.5 Å². The van der Waals surface area contributed by atoms with E-state index < -0.39 is 16.6 Å². The number of fused-ring (bicyclic) bond motifs is 1. The summed E-state index contributed by atoms with van der Waals surface area (Å²) in [6, 6.07) is 0. The lowest BCUT2D eigenvalue weighted by molar-refractivity contribution is 0.0735. The van der Waals surface area contributed by atoms with Crippen LogP contribution in [-0.2, 0) is 8.85 Å². The SMILES string of the molecule is C=C1CC[C@H](O[Si](C)(C)C)CC1=CC=C1CCC[C@@]2(C)C1CC[C@@H]2[C@H](C)CCCC(C)(C)O[Si](C)(C)C. The zero-order valence-corrected chi connectivity index (χ0v) is 28.3. The van der Waals surface area contributed by atoms with Gasteiger partial charge in [-0.2, -0.15) is 0 Å². The van der Waals surface area contributed by atoms with Crippen molar-refractivity contribution in [2.75, 3.05) is 0 Å². The van der Waals surface area contributed by atoms with Gasteiger partial charge in [-0.05, 0) is 140 Å². The Morgan fingerprint density at radius 3 is 2.38 bits per heavy atom. The normalized spacial score (nSPS) is 32.7. The lowest BCUT2D eigenvalue weighted by Crippen LogP contribution is -2.38. The standard InChI is InChI=1S/C33H60O2Si2/c1-25-16-19-29(34-36(6,7)8)24-28(25)18-17-27-15-13-23-33(5)30(20-21-31(27)33)26(2)14-12-22-32(3,4)35-37(9,10)11/h17-18,26,29-31H,1,12-16,19-24H2,2-11H3/t26-,29+,30-,31?,33-/m1/s1. The summed E-state index contributed by atoms with van der Waals surface area (Å²) >= 11 is 0. The van der Waals surface area contributed by atoms with Crippen LogP contribution in [0.25, 0.3) is 0 Å². The highest BCUT2D eigenvalue weighted by Crippen LogP contribution is 2.60. The molecular weight excluding hydrogens is 485 g/mol. The van der Waals surface area contributed by atoms with E-state index >= 15 is 0 Å². The van der Waals surface area contributed by atoms with Crippen molar-refractivity contribution in [3.8, 4) is 0 Å². The molecule has 0 radical (unpaired) electrons. The summed E-state index contributed by atoms with van der Waals surface area (Å²) in [4.78, 5) is 0. The van der Waals surface area contributed by atoms with Crippen molar-refractivity contribution in [2.45, 2.75) is 149 Å². The Kier molecular flexibility index (Phi) is 10.1. The molecule has 5 atom stereocenters. The average molecular weight is 545 g/mol. The maximum absolute atomic E-state index is 6.48. The molecule has 4 heteroatoms. The second-order valence-electron chi connectivity index (χ2n) is 15.6. The molecule has 3 fully saturated rings. The van der Waals surface area contributed by atoms with Gasteiger partial charge in [-0.3, -0.25) is 0 Å². The molecule has 2 nitrogen and oxygen atoms in total. The molecule has 3 aliphatic carbocycles. The summed E-state index contributed by atoms with van der Waals surface area (Å²) < 4.78 is 13.0. The molecule has 0 heterocycles. The second kappa shape index (κ2) is 12.0. The Morgan fingerprint density at radius 1 is 1.03 bits per heavy atom. The van der Waals surface area contributed by atoms with Gasteiger partial charge in [-0.1, -0.05) is 56.6 Å². The van der Waals surface area contributed by atoms with Crippen LogP contribution in [0.1, 0.15) is 98.3 Å². The van der Waals surface area contributed by atoms with Gasteiger partial charge in [0.15, 0.2) is 16.6 Å². The van der Waals surface area contributed by atoms with Crippen LogP contribution < -0.4 is 0 Å². The van der Waals surface area contributed by atoms with E-state index in [1.807, 2.05) is 0 Å². The van der Waals surface area contributed by atoms with E-state index in [1.54, 1.807) is 5.57 Å². The van der Waals surface area contributed by atoms with Crippen molar-refractivity contribution < 1.29 is 8.85 Å². The van der Waals surface area contributed by atoms with E-state index in [9.17, 15) is 0 Å². The van der Waals surface area contributed by atoms with E-state index in [2.05, 4.69) is 85.7 Å². The first-order valence-corrected chi connectivity index (χ1v) is 22.3. The maximum atomic E-state index is 6.48. The maximum Gasteiger partial charge on any atom is 0.184 e. The van der Waals surface area contributed by atoms with Crippen molar-refractivity contribution in [1.29, 1.82) is 0 Å². The van der Waals surface area contributed by atoms with Crippen LogP contribution in [0.3, 0.4) is 0 Å². The number of allylic oxidation sites excluding steroid dienone is 4. The second-order valence-corrected chi connectivity index (χ2v) is 24.5. The van der Waals surface area contributed by atoms with Crippen LogP contribution >= 0.6 is 0 Å². The van der Waals surface area contributed by atoms with Gasteiger partial charge in [0.05, 0.1) is 5.60 Å². The summed E-state index contributed by atoms with van der Waals surface area (Å²) in [5, 5.41) is 0. The summed E-state index contributed by atoms with van der Waals surface area (Å²) in [5.41, 5.74) is 4.99. The fourth-order valence-corrected chi connectivity index (χ4v) is 11.1. The van der Waals surface area contributed by atoms with Crippen LogP contribution in [0.4, 0.5) is 0 Å². The van der Waals surface area contributed by atoms with Gasteiger partial charge in [0.1, 0.15) is 0 Å². The zero-order chi connectivity index (χ0) is 27.6. The summed E-state index contributed by atoms with van der Waals surface area (Å²) in [6.07, 6.45) is 19.3. The van der Waals surface area contributed by atoms with Crippen molar-refractivity contribution in [2.24, 2.45) is 23.2 Å². The minimum absolute atomic E-state index is 0.0167. The van der Waals surface area contributed by atoms with Gasteiger partial charge < -0.3 is 8.85 Å². The lowest BCUT2D eigenvalue weighted by atomic mass is 9.60. The first-order valence-electron chi connectivity index (χ1n) is 15.4. The molecule has 0 spiro atoms. The molecule has 3 saturated carbocycles. The third-order valence-corrected chi connectivity index (χ3v) is 11.6. The van der Waals surface area contributed by atoms with E-state index in [0.29, 0.717) is 11.5 Å². The van der Waals surface area contributed by atoms with Crippen LogP contribution in [-0.4, -0.2) is 28.3 Å². The Hall–Kier alpha value is -0.426. The molecule has 0 aromatic carbocycles. The molecule has 3 aliphatic rings. The molecule has 0 aromatic rings. The fraction of sp³-hybridized carbons (Fsp3) is 0.818. The van der Waals surface area contributed by atoms with Gasteiger partial charge in [-0.15, -0.1) is 0 Å². The molecule has 0 aliphatic heterocycles. The summed E-state index contributed by atoms with van der Waals surface area (Å²) in [5.74, 6) is 2.42. The molecule has 0 saturated heterocycles. The topological polar surface area (TPSA) is 18.5 Å². The molecule has 1 unspecified atom stereocenters. The average Bonchev–Trinajstić information content (AvgIpc) is 3.08. The molecule has 0 bridgehead atoms. The Morgan fingerprint density at radius 2 is 1.73 bits per heavy atom. The van der Waals surface area contributed by atoms with Gasteiger partial charge in [-0.25, -0.2) is 0 Å². The van der Waals surface area contributed by atoms with Gasteiger partial charge in [0, 0.05) is 6.10 Å². The predicted molar refractivity (Wildman–Crippen MR) is 167 cm³/mol. The van der Waals surface area contributed by atoms with Gasteiger partial charge in [0.25, 0.3) is 0 Å².